The predicted octanol–water partition coefficient (Wildman–Crippen LogP) is 5.59. The average Bonchev–Trinajstić information content (AvgIpc) is 3.32. The third-order valence-corrected chi connectivity index (χ3v) is 7.16. The van der Waals surface area contributed by atoms with Crippen LogP contribution in [-0.4, -0.2) is 29.3 Å². The van der Waals surface area contributed by atoms with E-state index in [1.807, 2.05) is 32.0 Å². The summed E-state index contributed by atoms with van der Waals surface area (Å²) in [6.45, 7) is 3.95. The van der Waals surface area contributed by atoms with Gasteiger partial charge >= 0.3 is 5.97 Å². The van der Waals surface area contributed by atoms with Crippen molar-refractivity contribution in [2.45, 2.75) is 76.7 Å². The van der Waals surface area contributed by atoms with E-state index >= 15 is 0 Å². The first-order chi connectivity index (χ1) is 15.9. The van der Waals surface area contributed by atoms with Crippen molar-refractivity contribution in [2.75, 3.05) is 7.11 Å². The first-order valence-electron chi connectivity index (χ1n) is 12.0. The molecule has 0 amide bonds. The molecule has 2 aliphatic rings. The smallest absolute Gasteiger partial charge is 0.306 e. The molecule has 5 nitrogen and oxygen atoms in total. The summed E-state index contributed by atoms with van der Waals surface area (Å²) >= 11 is 0. The molecule has 1 N–H and O–H groups in total. The van der Waals surface area contributed by atoms with Crippen LogP contribution in [0.25, 0.3) is 0 Å². The Bertz CT molecular complexity index is 1070. The number of methoxy groups -OCH3 is 1. The van der Waals surface area contributed by atoms with Gasteiger partial charge in [0.15, 0.2) is 11.5 Å². The summed E-state index contributed by atoms with van der Waals surface area (Å²) < 4.78 is 11.9. The van der Waals surface area contributed by atoms with Gasteiger partial charge in [-0.05, 0) is 95.0 Å². The molecule has 0 unspecified atom stereocenters. The highest BCUT2D eigenvalue weighted by Crippen LogP contribution is 2.44. The Morgan fingerprint density at radius 3 is 2.42 bits per heavy atom. The maximum Gasteiger partial charge on any atom is 0.306 e. The van der Waals surface area contributed by atoms with Crippen molar-refractivity contribution in [3.05, 3.63) is 52.8 Å². The zero-order valence-electron chi connectivity index (χ0n) is 19.8. The van der Waals surface area contributed by atoms with E-state index in [0.29, 0.717) is 25.7 Å². The van der Waals surface area contributed by atoms with E-state index in [9.17, 15) is 9.90 Å². The summed E-state index contributed by atoms with van der Waals surface area (Å²) in [5.41, 5.74) is 3.45. The fourth-order valence-corrected chi connectivity index (χ4v) is 5.10. The molecule has 2 saturated carbocycles. The summed E-state index contributed by atoms with van der Waals surface area (Å²) in [6.07, 6.45) is 7.37. The van der Waals surface area contributed by atoms with E-state index in [4.69, 9.17) is 9.47 Å². The van der Waals surface area contributed by atoms with Gasteiger partial charge in [-0.15, -0.1) is 0 Å². The van der Waals surface area contributed by atoms with Gasteiger partial charge in [0.05, 0.1) is 30.2 Å². The lowest BCUT2D eigenvalue weighted by Crippen LogP contribution is -2.33. The second-order valence-electron chi connectivity index (χ2n) is 9.42. The van der Waals surface area contributed by atoms with Gasteiger partial charge in [-0.2, -0.15) is 0 Å². The van der Waals surface area contributed by atoms with Gasteiger partial charge in [-0.1, -0.05) is 17.9 Å². The minimum atomic E-state index is -0.713. The summed E-state index contributed by atoms with van der Waals surface area (Å²) in [7, 11) is 1.66. The zero-order chi connectivity index (χ0) is 23.4. The number of ether oxygens (including phenoxy) is 2. The van der Waals surface area contributed by atoms with Crippen molar-refractivity contribution in [1.29, 1.82) is 0 Å². The molecule has 0 saturated heterocycles. The van der Waals surface area contributed by atoms with Crippen LogP contribution in [0.3, 0.4) is 0 Å². The number of pyridine rings is 1. The normalized spacial score (nSPS) is 22.9. The van der Waals surface area contributed by atoms with Crippen molar-refractivity contribution >= 4 is 5.97 Å². The molecule has 2 aromatic rings. The van der Waals surface area contributed by atoms with Crippen LogP contribution in [0.1, 0.15) is 73.9 Å². The van der Waals surface area contributed by atoms with Crippen LogP contribution in [-0.2, 0) is 10.2 Å². The number of aromatic nitrogens is 1. The molecule has 33 heavy (non-hydrogen) atoms. The molecule has 174 valence electrons. The molecule has 2 fully saturated rings. The third kappa shape index (κ3) is 5.16. The van der Waals surface area contributed by atoms with E-state index in [1.165, 1.54) is 12.8 Å². The maximum atomic E-state index is 11.6. The van der Waals surface area contributed by atoms with Crippen molar-refractivity contribution in [3.63, 3.8) is 0 Å². The van der Waals surface area contributed by atoms with Gasteiger partial charge in [0.1, 0.15) is 0 Å². The molecule has 4 rings (SSSR count). The van der Waals surface area contributed by atoms with Crippen molar-refractivity contribution in [2.24, 2.45) is 5.92 Å². The summed E-state index contributed by atoms with van der Waals surface area (Å²) in [5, 5.41) is 9.54. The number of carboxylic acids is 1. The Morgan fingerprint density at radius 2 is 1.79 bits per heavy atom. The quantitative estimate of drug-likeness (QED) is 0.605. The van der Waals surface area contributed by atoms with Gasteiger partial charge in [0.2, 0.25) is 0 Å². The van der Waals surface area contributed by atoms with Crippen molar-refractivity contribution in [3.8, 4) is 23.3 Å². The number of rotatable bonds is 5. The Balaban J connectivity index is 1.72. The monoisotopic (exact) mass is 447 g/mol. The highest BCUT2D eigenvalue weighted by atomic mass is 16.5. The Hall–Kier alpha value is -3.00. The number of aryl methyl sites for hydroxylation is 2. The molecule has 0 atom stereocenters. The largest absolute Gasteiger partial charge is 0.493 e. The van der Waals surface area contributed by atoms with Crippen LogP contribution in [0.5, 0.6) is 11.5 Å². The lowest BCUT2D eigenvalue weighted by Gasteiger charge is -2.36. The van der Waals surface area contributed by atoms with Gasteiger partial charge < -0.3 is 14.6 Å². The van der Waals surface area contributed by atoms with Crippen molar-refractivity contribution in [1.82, 2.24) is 4.98 Å². The van der Waals surface area contributed by atoms with Crippen LogP contribution in [0.2, 0.25) is 0 Å². The minimum Gasteiger partial charge on any atom is -0.493 e. The Kier molecular flexibility index (Phi) is 6.93. The standard InChI is InChI=1S/C28H33NO4/c1-19-8-9-21(20(2)29-19)12-15-28(16-13-22(14-17-28)27(30)31)23-10-11-25(32-3)26(18-23)33-24-6-4-5-7-24/h8-11,18,22,24H,4-7,13-14,16-17H2,1-3H3,(H,30,31). The summed E-state index contributed by atoms with van der Waals surface area (Å²) in [5.74, 6) is 7.42. The molecule has 5 heteroatoms. The van der Waals surface area contributed by atoms with Crippen LogP contribution >= 0.6 is 0 Å². The second kappa shape index (κ2) is 9.87. The first-order valence-corrected chi connectivity index (χ1v) is 12.0. The van der Waals surface area contributed by atoms with E-state index in [0.717, 1.165) is 46.9 Å². The van der Waals surface area contributed by atoms with Crippen LogP contribution < -0.4 is 9.47 Å². The Morgan fingerprint density at radius 1 is 1.06 bits per heavy atom. The van der Waals surface area contributed by atoms with E-state index in [2.05, 4.69) is 29.0 Å². The highest BCUT2D eigenvalue weighted by molar-refractivity contribution is 5.70. The van der Waals surface area contributed by atoms with Crippen LogP contribution in [0.4, 0.5) is 0 Å². The van der Waals surface area contributed by atoms with E-state index in [1.54, 1.807) is 7.11 Å². The molecule has 0 radical (unpaired) electrons. The summed E-state index contributed by atoms with van der Waals surface area (Å²) in [4.78, 5) is 16.2. The number of carbonyl (C=O) groups is 1. The van der Waals surface area contributed by atoms with Gasteiger partial charge in [0.25, 0.3) is 0 Å². The SMILES string of the molecule is COc1ccc(C2(C#Cc3ccc(C)nc3C)CCC(C(=O)O)CC2)cc1OC1CCCC1. The second-order valence-corrected chi connectivity index (χ2v) is 9.42. The summed E-state index contributed by atoms with van der Waals surface area (Å²) in [6, 6.07) is 10.1. The average molecular weight is 448 g/mol. The molecule has 0 spiro atoms. The molecule has 0 bridgehead atoms. The Labute approximate surface area is 196 Å². The third-order valence-electron chi connectivity index (χ3n) is 7.16. The minimum absolute atomic E-state index is 0.222. The van der Waals surface area contributed by atoms with Crippen molar-refractivity contribution < 1.29 is 19.4 Å². The fraction of sp³-hybridized carbons (Fsp3) is 0.500. The maximum absolute atomic E-state index is 11.6. The fourth-order valence-electron chi connectivity index (χ4n) is 5.10. The number of carboxylic acid groups (broad SMARTS) is 1. The van der Waals surface area contributed by atoms with Gasteiger partial charge in [-0.25, -0.2) is 0 Å². The lowest BCUT2D eigenvalue weighted by molar-refractivity contribution is -0.143. The topological polar surface area (TPSA) is 68.7 Å². The highest BCUT2D eigenvalue weighted by Gasteiger charge is 2.38. The molecule has 1 heterocycles. The van der Waals surface area contributed by atoms with E-state index in [-0.39, 0.29) is 12.0 Å². The lowest BCUT2D eigenvalue weighted by atomic mass is 9.67. The molecule has 2 aliphatic carbocycles. The molecule has 1 aromatic heterocycles. The van der Waals surface area contributed by atoms with E-state index < -0.39 is 11.4 Å². The molecular formula is C28H33NO4. The first kappa shape index (κ1) is 23.2. The molecular weight excluding hydrogens is 414 g/mol. The predicted molar refractivity (Wildman–Crippen MR) is 128 cm³/mol. The van der Waals surface area contributed by atoms with Crippen LogP contribution in [0, 0.1) is 31.6 Å². The van der Waals surface area contributed by atoms with Gasteiger partial charge in [0, 0.05) is 11.3 Å². The number of benzene rings is 1. The zero-order valence-corrected chi connectivity index (χ0v) is 19.8. The van der Waals surface area contributed by atoms with Gasteiger partial charge in [-0.3, -0.25) is 9.78 Å². The number of aliphatic carboxylic acids is 1. The number of hydrogen-bond acceptors (Lipinski definition) is 4. The number of nitrogens with zero attached hydrogens (tertiary/aromatic N) is 1. The van der Waals surface area contributed by atoms with Crippen LogP contribution in [0.15, 0.2) is 30.3 Å². The number of hydrogen-bond donors (Lipinski definition) is 1. The molecule has 1 aromatic carbocycles. The molecule has 0 aliphatic heterocycles.